The zero-order valence-electron chi connectivity index (χ0n) is 10.6. The predicted molar refractivity (Wildman–Crippen MR) is 72.2 cm³/mol. The van der Waals surface area contributed by atoms with Gasteiger partial charge in [-0.2, -0.15) is 0 Å². The Balaban J connectivity index is 2.81. The summed E-state index contributed by atoms with van der Waals surface area (Å²) in [6.07, 6.45) is 4.92. The van der Waals surface area contributed by atoms with Crippen molar-refractivity contribution in [1.29, 1.82) is 0 Å². The molecule has 2 nitrogen and oxygen atoms in total. The van der Waals surface area contributed by atoms with Gasteiger partial charge in [0, 0.05) is 6.20 Å². The fraction of sp³-hybridized carbons (Fsp3) is 0.214. The second-order valence-electron chi connectivity index (χ2n) is 3.95. The first-order valence-electron chi connectivity index (χ1n) is 5.40. The minimum absolute atomic E-state index is 0.0884. The maximum absolute atomic E-state index is 13.4. The standard InChI is InChI=1S/C14H15ClFNO/c1-9(2)10(3)5-6-11(4)18-14-13(16)7-12(15)8-17-14/h5-8H,1H2,2-4H3/b10-5+,11-6+. The van der Waals surface area contributed by atoms with Gasteiger partial charge in [0.15, 0.2) is 5.82 Å². The van der Waals surface area contributed by atoms with Gasteiger partial charge in [-0.05, 0) is 38.5 Å². The lowest BCUT2D eigenvalue weighted by molar-refractivity contribution is 0.381. The average molecular weight is 268 g/mol. The molecule has 4 heteroatoms. The van der Waals surface area contributed by atoms with Crippen LogP contribution >= 0.6 is 11.6 Å². The maximum atomic E-state index is 13.4. The van der Waals surface area contributed by atoms with Crippen LogP contribution < -0.4 is 4.74 Å². The molecule has 1 aromatic rings. The first-order chi connectivity index (χ1) is 8.40. The van der Waals surface area contributed by atoms with Gasteiger partial charge >= 0.3 is 0 Å². The monoisotopic (exact) mass is 267 g/mol. The lowest BCUT2D eigenvalue weighted by Gasteiger charge is -2.05. The fourth-order valence-corrected chi connectivity index (χ4v) is 1.19. The molecule has 0 aliphatic heterocycles. The van der Waals surface area contributed by atoms with Crippen LogP contribution in [0.1, 0.15) is 20.8 Å². The number of pyridine rings is 1. The van der Waals surface area contributed by atoms with E-state index in [0.717, 1.165) is 17.2 Å². The largest absolute Gasteiger partial charge is 0.441 e. The van der Waals surface area contributed by atoms with Gasteiger partial charge in [0.25, 0.3) is 5.88 Å². The van der Waals surface area contributed by atoms with Gasteiger partial charge in [-0.1, -0.05) is 29.8 Å². The molecular weight excluding hydrogens is 253 g/mol. The van der Waals surface area contributed by atoms with Crippen LogP contribution in [-0.4, -0.2) is 4.98 Å². The highest BCUT2D eigenvalue weighted by atomic mass is 35.5. The summed E-state index contributed by atoms with van der Waals surface area (Å²) in [5, 5.41) is 0.236. The molecule has 0 aromatic carbocycles. The summed E-state index contributed by atoms with van der Waals surface area (Å²) in [5.74, 6) is -0.144. The van der Waals surface area contributed by atoms with E-state index in [-0.39, 0.29) is 10.9 Å². The smallest absolute Gasteiger partial charge is 0.255 e. The lowest BCUT2D eigenvalue weighted by atomic mass is 10.1. The summed E-state index contributed by atoms with van der Waals surface area (Å²) in [5.41, 5.74) is 2.00. The number of nitrogens with zero attached hydrogens (tertiary/aromatic N) is 1. The molecule has 0 saturated carbocycles. The van der Waals surface area contributed by atoms with Crippen molar-refractivity contribution in [2.45, 2.75) is 20.8 Å². The molecule has 0 bridgehead atoms. The molecule has 0 spiro atoms. The number of hydrogen-bond acceptors (Lipinski definition) is 2. The number of halogens is 2. The molecule has 0 fully saturated rings. The van der Waals surface area contributed by atoms with Crippen LogP contribution in [0.15, 0.2) is 47.9 Å². The zero-order chi connectivity index (χ0) is 13.7. The van der Waals surface area contributed by atoms with E-state index >= 15 is 0 Å². The molecule has 1 aromatic heterocycles. The summed E-state index contributed by atoms with van der Waals surface area (Å²) < 4.78 is 18.7. The molecule has 0 aliphatic rings. The van der Waals surface area contributed by atoms with E-state index in [0.29, 0.717) is 5.76 Å². The Bertz CT molecular complexity index is 521. The van der Waals surface area contributed by atoms with Crippen LogP contribution in [0.5, 0.6) is 5.88 Å². The quantitative estimate of drug-likeness (QED) is 0.584. The molecule has 0 aliphatic carbocycles. The second kappa shape index (κ2) is 6.36. The second-order valence-corrected chi connectivity index (χ2v) is 4.39. The molecule has 0 N–H and O–H groups in total. The van der Waals surface area contributed by atoms with E-state index in [1.54, 1.807) is 13.0 Å². The van der Waals surface area contributed by atoms with Crippen molar-refractivity contribution in [2.24, 2.45) is 0 Å². The molecule has 0 unspecified atom stereocenters. The van der Waals surface area contributed by atoms with Gasteiger partial charge in [0.1, 0.15) is 5.76 Å². The summed E-state index contributed by atoms with van der Waals surface area (Å²) in [4.78, 5) is 3.77. The highest BCUT2D eigenvalue weighted by Crippen LogP contribution is 2.19. The molecule has 0 radical (unpaired) electrons. The van der Waals surface area contributed by atoms with E-state index < -0.39 is 5.82 Å². The first kappa shape index (κ1) is 14.5. The van der Waals surface area contributed by atoms with Crippen molar-refractivity contribution in [1.82, 2.24) is 4.98 Å². The number of hydrogen-bond donors (Lipinski definition) is 0. The Morgan fingerprint density at radius 1 is 1.39 bits per heavy atom. The number of rotatable bonds is 4. The van der Waals surface area contributed by atoms with Crippen LogP contribution in [0.25, 0.3) is 0 Å². The SMILES string of the molecule is C=C(C)/C(C)=C/C=C(\C)Oc1ncc(Cl)cc1F. The average Bonchev–Trinajstić information content (AvgIpc) is 2.29. The Morgan fingerprint density at radius 3 is 2.61 bits per heavy atom. The van der Waals surface area contributed by atoms with E-state index in [1.165, 1.54) is 6.20 Å². The Kier molecular flexibility index (Phi) is 5.10. The van der Waals surface area contributed by atoms with Crippen molar-refractivity contribution >= 4 is 11.6 Å². The molecule has 0 saturated heterocycles. The van der Waals surface area contributed by atoms with Crippen molar-refractivity contribution in [3.63, 3.8) is 0 Å². The van der Waals surface area contributed by atoms with Crippen LogP contribution in [0.2, 0.25) is 5.02 Å². The number of allylic oxidation sites excluding steroid dienone is 5. The molecule has 1 heterocycles. The lowest BCUT2D eigenvalue weighted by Crippen LogP contribution is -1.96. The van der Waals surface area contributed by atoms with Crippen LogP contribution in [0, 0.1) is 5.82 Å². The minimum atomic E-state index is -0.587. The molecular formula is C14H15ClFNO. The fourth-order valence-electron chi connectivity index (χ4n) is 1.05. The summed E-state index contributed by atoms with van der Waals surface area (Å²) in [6, 6.07) is 1.16. The summed E-state index contributed by atoms with van der Waals surface area (Å²) in [6.45, 7) is 9.39. The third-order valence-electron chi connectivity index (χ3n) is 2.27. The van der Waals surface area contributed by atoms with Crippen molar-refractivity contribution in [3.05, 3.63) is 58.7 Å². The molecule has 0 atom stereocenters. The van der Waals surface area contributed by atoms with Crippen molar-refractivity contribution < 1.29 is 9.13 Å². The molecule has 0 amide bonds. The highest BCUT2D eigenvalue weighted by molar-refractivity contribution is 6.30. The van der Waals surface area contributed by atoms with Gasteiger partial charge in [-0.15, -0.1) is 0 Å². The van der Waals surface area contributed by atoms with Crippen LogP contribution in [0.4, 0.5) is 4.39 Å². The number of ether oxygens (including phenoxy) is 1. The first-order valence-corrected chi connectivity index (χ1v) is 5.78. The Morgan fingerprint density at radius 2 is 2.06 bits per heavy atom. The zero-order valence-corrected chi connectivity index (χ0v) is 11.4. The maximum Gasteiger partial charge on any atom is 0.255 e. The predicted octanol–water partition coefficient (Wildman–Crippen LogP) is 4.68. The van der Waals surface area contributed by atoms with E-state index in [2.05, 4.69) is 11.6 Å². The molecule has 18 heavy (non-hydrogen) atoms. The van der Waals surface area contributed by atoms with E-state index in [4.69, 9.17) is 16.3 Å². The Hall–Kier alpha value is -1.61. The normalized spacial score (nSPS) is 12.5. The molecule has 96 valence electrons. The van der Waals surface area contributed by atoms with Crippen LogP contribution in [-0.2, 0) is 0 Å². The van der Waals surface area contributed by atoms with E-state index in [1.807, 2.05) is 19.9 Å². The van der Waals surface area contributed by atoms with E-state index in [9.17, 15) is 4.39 Å². The minimum Gasteiger partial charge on any atom is -0.441 e. The summed E-state index contributed by atoms with van der Waals surface area (Å²) >= 11 is 5.60. The third kappa shape index (κ3) is 4.34. The number of aromatic nitrogens is 1. The van der Waals surface area contributed by atoms with Crippen molar-refractivity contribution in [3.8, 4) is 5.88 Å². The van der Waals surface area contributed by atoms with Gasteiger partial charge in [0.05, 0.1) is 5.02 Å². The van der Waals surface area contributed by atoms with Gasteiger partial charge in [-0.25, -0.2) is 9.37 Å². The molecule has 1 rings (SSSR count). The van der Waals surface area contributed by atoms with Gasteiger partial charge in [0.2, 0.25) is 0 Å². The topological polar surface area (TPSA) is 22.1 Å². The van der Waals surface area contributed by atoms with Gasteiger partial charge in [-0.3, -0.25) is 0 Å². The van der Waals surface area contributed by atoms with Crippen LogP contribution in [0.3, 0.4) is 0 Å². The van der Waals surface area contributed by atoms with Gasteiger partial charge < -0.3 is 4.74 Å². The van der Waals surface area contributed by atoms with Crippen molar-refractivity contribution in [2.75, 3.05) is 0 Å². The Labute approximate surface area is 111 Å². The summed E-state index contributed by atoms with van der Waals surface area (Å²) in [7, 11) is 0. The highest BCUT2D eigenvalue weighted by Gasteiger charge is 2.06. The third-order valence-corrected chi connectivity index (χ3v) is 2.48.